The minimum Gasteiger partial charge on any atom is -0.335 e. The molecule has 2 nitrogen and oxygen atoms in total. The number of nitrogens with zero attached hydrogens (tertiary/aromatic N) is 1. The summed E-state index contributed by atoms with van der Waals surface area (Å²) in [5.74, 6) is -0.264. The molecule has 2 aromatic rings. The summed E-state index contributed by atoms with van der Waals surface area (Å²) in [6.45, 7) is 0. The van der Waals surface area contributed by atoms with E-state index in [9.17, 15) is 4.39 Å². The Balaban J connectivity index is 2.17. The van der Waals surface area contributed by atoms with Crippen molar-refractivity contribution in [1.29, 1.82) is 0 Å². The van der Waals surface area contributed by atoms with Crippen molar-refractivity contribution >= 4 is 28.3 Å². The van der Waals surface area contributed by atoms with Crippen molar-refractivity contribution in [3.05, 3.63) is 60.4 Å². The zero-order valence-corrected chi connectivity index (χ0v) is 10.7. The predicted molar refractivity (Wildman–Crippen MR) is 77.1 cm³/mol. The van der Waals surface area contributed by atoms with Crippen LogP contribution in [0.25, 0.3) is 0 Å². The number of anilines is 1. The Hall–Kier alpha value is -1.81. The highest BCUT2D eigenvalue weighted by atomic mass is 32.2. The SMILES string of the molecule is CSC(=Nc1ccccc1)Nc1cccc(F)c1. The zero-order valence-electron chi connectivity index (χ0n) is 9.93. The Morgan fingerprint density at radius 1 is 1.11 bits per heavy atom. The molecule has 0 aromatic heterocycles. The number of benzene rings is 2. The number of amidine groups is 1. The molecule has 2 rings (SSSR count). The molecule has 4 heteroatoms. The van der Waals surface area contributed by atoms with Gasteiger partial charge in [-0.2, -0.15) is 0 Å². The second-order valence-corrected chi connectivity index (χ2v) is 4.39. The zero-order chi connectivity index (χ0) is 12.8. The Morgan fingerprint density at radius 3 is 2.56 bits per heavy atom. The number of hydrogen-bond acceptors (Lipinski definition) is 2. The first kappa shape index (κ1) is 12.6. The van der Waals surface area contributed by atoms with E-state index in [0.717, 1.165) is 10.9 Å². The van der Waals surface area contributed by atoms with Crippen LogP contribution in [0.1, 0.15) is 0 Å². The van der Waals surface area contributed by atoms with E-state index in [-0.39, 0.29) is 5.82 Å². The summed E-state index contributed by atoms with van der Waals surface area (Å²) in [7, 11) is 0. The molecular weight excluding hydrogens is 247 g/mol. The lowest BCUT2D eigenvalue weighted by Crippen LogP contribution is -2.06. The van der Waals surface area contributed by atoms with Crippen LogP contribution in [0, 0.1) is 5.82 Å². The first-order valence-electron chi connectivity index (χ1n) is 5.48. The fraction of sp³-hybridized carbons (Fsp3) is 0.0714. The molecule has 0 aliphatic rings. The molecule has 0 fully saturated rings. The second kappa shape index (κ2) is 6.21. The highest BCUT2D eigenvalue weighted by molar-refractivity contribution is 8.13. The summed E-state index contributed by atoms with van der Waals surface area (Å²) in [6, 6.07) is 16.0. The summed E-state index contributed by atoms with van der Waals surface area (Å²) in [4.78, 5) is 4.45. The summed E-state index contributed by atoms with van der Waals surface area (Å²) in [5.41, 5.74) is 1.56. The number of para-hydroxylation sites is 1. The monoisotopic (exact) mass is 260 g/mol. The van der Waals surface area contributed by atoms with Gasteiger partial charge in [-0.3, -0.25) is 0 Å². The fourth-order valence-electron chi connectivity index (χ4n) is 1.43. The topological polar surface area (TPSA) is 24.4 Å². The number of nitrogens with one attached hydrogen (secondary N) is 1. The van der Waals surface area contributed by atoms with Gasteiger partial charge >= 0.3 is 0 Å². The summed E-state index contributed by atoms with van der Waals surface area (Å²) in [6.07, 6.45) is 1.92. The molecule has 0 heterocycles. The third-order valence-corrected chi connectivity index (χ3v) is 2.84. The lowest BCUT2D eigenvalue weighted by atomic mass is 10.3. The third kappa shape index (κ3) is 3.60. The van der Waals surface area contributed by atoms with Crippen LogP contribution < -0.4 is 5.32 Å². The van der Waals surface area contributed by atoms with Gasteiger partial charge in [0.2, 0.25) is 0 Å². The maximum absolute atomic E-state index is 13.1. The maximum Gasteiger partial charge on any atom is 0.165 e. The van der Waals surface area contributed by atoms with Crippen LogP contribution in [0.2, 0.25) is 0 Å². The normalized spacial score (nSPS) is 11.3. The van der Waals surface area contributed by atoms with E-state index in [1.54, 1.807) is 12.1 Å². The van der Waals surface area contributed by atoms with Crippen molar-refractivity contribution in [2.75, 3.05) is 11.6 Å². The quantitative estimate of drug-likeness (QED) is 0.643. The first-order valence-corrected chi connectivity index (χ1v) is 6.71. The Labute approximate surface area is 110 Å². The minimum atomic E-state index is -0.264. The molecule has 0 saturated carbocycles. The second-order valence-electron chi connectivity index (χ2n) is 3.59. The van der Waals surface area contributed by atoms with Gasteiger partial charge in [-0.25, -0.2) is 9.38 Å². The van der Waals surface area contributed by atoms with Crippen LogP contribution in [-0.2, 0) is 0 Å². The van der Waals surface area contributed by atoms with Crippen molar-refractivity contribution in [3.63, 3.8) is 0 Å². The van der Waals surface area contributed by atoms with E-state index >= 15 is 0 Å². The van der Waals surface area contributed by atoms with Gasteiger partial charge in [0, 0.05) is 5.69 Å². The van der Waals surface area contributed by atoms with E-state index in [1.807, 2.05) is 36.6 Å². The lowest BCUT2D eigenvalue weighted by Gasteiger charge is -2.07. The number of aliphatic imine (C=N–C) groups is 1. The van der Waals surface area contributed by atoms with Gasteiger partial charge in [0.15, 0.2) is 5.17 Å². The molecule has 0 atom stereocenters. The van der Waals surface area contributed by atoms with Gasteiger partial charge in [-0.05, 0) is 36.6 Å². The Kier molecular flexibility index (Phi) is 4.36. The van der Waals surface area contributed by atoms with Crippen LogP contribution in [0.4, 0.5) is 15.8 Å². The Bertz CT molecular complexity index is 541. The number of halogens is 1. The summed E-state index contributed by atoms with van der Waals surface area (Å²) in [5, 5.41) is 3.82. The van der Waals surface area contributed by atoms with Crippen molar-refractivity contribution < 1.29 is 4.39 Å². The first-order chi connectivity index (χ1) is 8.78. The minimum absolute atomic E-state index is 0.264. The van der Waals surface area contributed by atoms with Crippen molar-refractivity contribution in [3.8, 4) is 0 Å². The molecule has 92 valence electrons. The van der Waals surface area contributed by atoms with Crippen LogP contribution >= 0.6 is 11.8 Å². The molecule has 0 bridgehead atoms. The maximum atomic E-state index is 13.1. The number of hydrogen-bond donors (Lipinski definition) is 1. The molecule has 0 aliphatic carbocycles. The predicted octanol–water partition coefficient (Wildman–Crippen LogP) is 4.29. The third-order valence-electron chi connectivity index (χ3n) is 2.26. The van der Waals surface area contributed by atoms with Gasteiger partial charge < -0.3 is 5.32 Å². The van der Waals surface area contributed by atoms with E-state index in [2.05, 4.69) is 10.3 Å². The van der Waals surface area contributed by atoms with Gasteiger partial charge in [0.1, 0.15) is 5.82 Å². The van der Waals surface area contributed by atoms with Crippen LogP contribution in [0.5, 0.6) is 0 Å². The number of thioether (sulfide) groups is 1. The van der Waals surface area contributed by atoms with Crippen molar-refractivity contribution in [2.45, 2.75) is 0 Å². The molecule has 18 heavy (non-hydrogen) atoms. The van der Waals surface area contributed by atoms with Gasteiger partial charge in [0.05, 0.1) is 5.69 Å². The van der Waals surface area contributed by atoms with Gasteiger partial charge in [0.25, 0.3) is 0 Å². The molecule has 0 unspecified atom stereocenters. The number of rotatable bonds is 2. The molecule has 1 N–H and O–H groups in total. The largest absolute Gasteiger partial charge is 0.335 e. The van der Waals surface area contributed by atoms with Crippen LogP contribution in [0.3, 0.4) is 0 Å². The highest BCUT2D eigenvalue weighted by Gasteiger charge is 2.00. The smallest absolute Gasteiger partial charge is 0.165 e. The average Bonchev–Trinajstić information content (AvgIpc) is 2.39. The van der Waals surface area contributed by atoms with Crippen molar-refractivity contribution in [2.24, 2.45) is 4.99 Å². The molecule has 0 amide bonds. The molecule has 0 spiro atoms. The lowest BCUT2D eigenvalue weighted by molar-refractivity contribution is 0.628. The Morgan fingerprint density at radius 2 is 1.89 bits per heavy atom. The molecule has 0 saturated heterocycles. The van der Waals surface area contributed by atoms with Gasteiger partial charge in [-0.1, -0.05) is 36.0 Å². The van der Waals surface area contributed by atoms with Gasteiger partial charge in [-0.15, -0.1) is 0 Å². The highest BCUT2D eigenvalue weighted by Crippen LogP contribution is 2.16. The summed E-state index contributed by atoms with van der Waals surface area (Å²) < 4.78 is 13.1. The van der Waals surface area contributed by atoms with Crippen LogP contribution in [0.15, 0.2) is 59.6 Å². The molecule has 0 radical (unpaired) electrons. The van der Waals surface area contributed by atoms with E-state index < -0.39 is 0 Å². The van der Waals surface area contributed by atoms with Crippen LogP contribution in [-0.4, -0.2) is 11.4 Å². The van der Waals surface area contributed by atoms with Crippen molar-refractivity contribution in [1.82, 2.24) is 0 Å². The standard InChI is InChI=1S/C14H13FN2S/c1-18-14(16-12-7-3-2-4-8-12)17-13-9-5-6-11(15)10-13/h2-10H,1H3,(H,16,17). The molecule has 0 aliphatic heterocycles. The fourth-order valence-corrected chi connectivity index (χ4v) is 1.85. The average molecular weight is 260 g/mol. The molecule has 2 aromatic carbocycles. The van der Waals surface area contributed by atoms with E-state index in [4.69, 9.17) is 0 Å². The summed E-state index contributed by atoms with van der Waals surface area (Å²) >= 11 is 1.48. The van der Waals surface area contributed by atoms with E-state index in [1.165, 1.54) is 23.9 Å². The van der Waals surface area contributed by atoms with E-state index in [0.29, 0.717) is 5.69 Å². The molecular formula is C14H13FN2S.